The Labute approximate surface area is 260 Å². The van der Waals surface area contributed by atoms with Gasteiger partial charge in [0.2, 0.25) is 0 Å². The molecule has 0 saturated heterocycles. The monoisotopic (exact) mass is 590 g/mol. The van der Waals surface area contributed by atoms with Crippen LogP contribution in [0.4, 0.5) is 0 Å². The number of benzene rings is 5. The lowest BCUT2D eigenvalue weighted by Gasteiger charge is -2.08. The molecule has 6 nitrogen and oxygen atoms in total. The average Bonchev–Trinajstić information content (AvgIpc) is 3.85. The van der Waals surface area contributed by atoms with Gasteiger partial charge in [-0.2, -0.15) is 0 Å². The molecule has 6 heteroatoms. The molecule has 6 heterocycles. The van der Waals surface area contributed by atoms with Crippen molar-refractivity contribution in [3.8, 4) is 11.4 Å². The number of nitrogens with zero attached hydrogens (tertiary/aromatic N) is 4. The van der Waals surface area contributed by atoms with E-state index in [1.54, 1.807) is 0 Å². The second-order valence-corrected chi connectivity index (χ2v) is 11.8. The van der Waals surface area contributed by atoms with Crippen LogP contribution in [-0.4, -0.2) is 19.1 Å². The smallest absolute Gasteiger partial charge is 0.136 e. The van der Waals surface area contributed by atoms with Crippen LogP contribution in [0.1, 0.15) is 0 Å². The van der Waals surface area contributed by atoms with Crippen molar-refractivity contribution < 1.29 is 8.83 Å². The maximum Gasteiger partial charge on any atom is 0.136 e. The van der Waals surface area contributed by atoms with E-state index in [9.17, 15) is 0 Å². The summed E-state index contributed by atoms with van der Waals surface area (Å²) in [5, 5.41) is 6.45. The van der Waals surface area contributed by atoms with Gasteiger partial charge in [0.15, 0.2) is 0 Å². The molecule has 6 aromatic heterocycles. The first-order valence-electron chi connectivity index (χ1n) is 15.3. The number of furan rings is 2. The highest BCUT2D eigenvalue weighted by molar-refractivity contribution is 6.26. The van der Waals surface area contributed by atoms with Gasteiger partial charge in [-0.25, -0.2) is 0 Å². The lowest BCUT2D eigenvalue weighted by molar-refractivity contribution is 0.663. The summed E-state index contributed by atoms with van der Waals surface area (Å²) in [5.41, 5.74) is 11.8. The largest absolute Gasteiger partial charge is 0.456 e. The molecular weight excluding hydrogens is 568 g/mol. The van der Waals surface area contributed by atoms with E-state index < -0.39 is 0 Å². The van der Waals surface area contributed by atoms with Crippen molar-refractivity contribution in [1.82, 2.24) is 19.1 Å². The molecule has 0 aliphatic heterocycles. The van der Waals surface area contributed by atoms with E-state index in [0.29, 0.717) is 0 Å². The number of para-hydroxylation sites is 2. The third-order valence-corrected chi connectivity index (χ3v) is 9.40. The van der Waals surface area contributed by atoms with E-state index in [2.05, 4.69) is 106 Å². The third-order valence-electron chi connectivity index (χ3n) is 9.40. The highest BCUT2D eigenvalue weighted by Crippen LogP contribution is 2.42. The second kappa shape index (κ2) is 8.61. The number of hydrogen-bond acceptors (Lipinski definition) is 4. The molecule has 11 aromatic rings. The molecule has 0 aliphatic carbocycles. The summed E-state index contributed by atoms with van der Waals surface area (Å²) in [4.78, 5) is 9.47. The Morgan fingerprint density at radius 1 is 0.391 bits per heavy atom. The maximum absolute atomic E-state index is 6.47. The van der Waals surface area contributed by atoms with Crippen LogP contribution in [-0.2, 0) is 0 Å². The van der Waals surface area contributed by atoms with E-state index in [0.717, 1.165) is 99.1 Å². The van der Waals surface area contributed by atoms with E-state index in [4.69, 9.17) is 18.8 Å². The van der Waals surface area contributed by atoms with Gasteiger partial charge in [-0.1, -0.05) is 36.4 Å². The van der Waals surface area contributed by atoms with E-state index in [1.807, 2.05) is 36.7 Å². The van der Waals surface area contributed by atoms with Crippen LogP contribution in [0, 0.1) is 0 Å². The summed E-state index contributed by atoms with van der Waals surface area (Å²) in [6, 6.07) is 42.1. The first kappa shape index (κ1) is 24.0. The minimum Gasteiger partial charge on any atom is -0.456 e. The summed E-state index contributed by atoms with van der Waals surface area (Å²) in [5.74, 6) is 0. The molecule has 0 bridgehead atoms. The molecule has 0 atom stereocenters. The summed E-state index contributed by atoms with van der Waals surface area (Å²) in [6.45, 7) is 0. The quantitative estimate of drug-likeness (QED) is 0.201. The Kier molecular flexibility index (Phi) is 4.49. The molecule has 214 valence electrons. The Morgan fingerprint density at radius 2 is 0.826 bits per heavy atom. The van der Waals surface area contributed by atoms with Gasteiger partial charge in [-0.05, 0) is 84.9 Å². The van der Waals surface area contributed by atoms with Gasteiger partial charge < -0.3 is 18.0 Å². The summed E-state index contributed by atoms with van der Waals surface area (Å²) < 4.78 is 17.5. The molecule has 0 radical (unpaired) electrons. The molecule has 0 saturated carbocycles. The van der Waals surface area contributed by atoms with Crippen molar-refractivity contribution in [2.24, 2.45) is 0 Å². The topological polar surface area (TPSA) is 61.9 Å². The van der Waals surface area contributed by atoms with Gasteiger partial charge >= 0.3 is 0 Å². The zero-order valence-electron chi connectivity index (χ0n) is 24.3. The Morgan fingerprint density at radius 3 is 1.33 bits per heavy atom. The molecular formula is C40H22N4O2. The van der Waals surface area contributed by atoms with Crippen LogP contribution in [0.3, 0.4) is 0 Å². The van der Waals surface area contributed by atoms with Crippen molar-refractivity contribution in [3.63, 3.8) is 0 Å². The Balaban J connectivity index is 1.22. The van der Waals surface area contributed by atoms with Crippen molar-refractivity contribution in [2.75, 3.05) is 0 Å². The predicted molar refractivity (Wildman–Crippen MR) is 185 cm³/mol. The van der Waals surface area contributed by atoms with Crippen LogP contribution in [0.15, 0.2) is 143 Å². The van der Waals surface area contributed by atoms with Crippen molar-refractivity contribution >= 4 is 87.7 Å². The van der Waals surface area contributed by atoms with Gasteiger partial charge in [0.25, 0.3) is 0 Å². The van der Waals surface area contributed by atoms with E-state index in [-0.39, 0.29) is 0 Å². The zero-order chi connectivity index (χ0) is 29.9. The number of pyridine rings is 2. The molecule has 11 rings (SSSR count). The van der Waals surface area contributed by atoms with Gasteiger partial charge in [0.1, 0.15) is 22.3 Å². The first-order valence-corrected chi connectivity index (χ1v) is 15.3. The van der Waals surface area contributed by atoms with Gasteiger partial charge in [0.05, 0.1) is 33.1 Å². The highest BCUT2D eigenvalue weighted by Gasteiger charge is 2.20. The fraction of sp³-hybridized carbons (Fsp3) is 0. The summed E-state index contributed by atoms with van der Waals surface area (Å²) in [6.07, 6.45) is 3.72. The number of aromatic nitrogens is 4. The molecule has 0 fully saturated rings. The van der Waals surface area contributed by atoms with E-state index in [1.165, 1.54) is 0 Å². The Hall–Kier alpha value is -6.40. The third kappa shape index (κ3) is 3.05. The van der Waals surface area contributed by atoms with Crippen molar-refractivity contribution in [3.05, 3.63) is 134 Å². The average molecular weight is 591 g/mol. The number of hydrogen-bond donors (Lipinski definition) is 0. The van der Waals surface area contributed by atoms with Gasteiger partial charge in [-0.15, -0.1) is 0 Å². The normalized spacial score (nSPS) is 12.3. The van der Waals surface area contributed by atoms with Crippen LogP contribution in [0.25, 0.3) is 99.1 Å². The van der Waals surface area contributed by atoms with Gasteiger partial charge in [0, 0.05) is 56.1 Å². The highest BCUT2D eigenvalue weighted by atomic mass is 16.3. The van der Waals surface area contributed by atoms with E-state index >= 15 is 0 Å². The van der Waals surface area contributed by atoms with Crippen LogP contribution in [0.2, 0.25) is 0 Å². The number of rotatable bonds is 2. The zero-order valence-corrected chi connectivity index (χ0v) is 24.3. The van der Waals surface area contributed by atoms with Crippen LogP contribution >= 0.6 is 0 Å². The van der Waals surface area contributed by atoms with Crippen LogP contribution < -0.4 is 0 Å². The SMILES string of the molecule is c1ccc2c(c1)c1ncccc1n2-c1ccc2oc3ccc4oc5ccc(-n6c7ccccc7c7ncccc76)cc5c4c3c2c1. The molecule has 0 aliphatic rings. The van der Waals surface area contributed by atoms with Gasteiger partial charge in [-0.3, -0.25) is 9.97 Å². The fourth-order valence-corrected chi connectivity index (χ4v) is 7.51. The summed E-state index contributed by atoms with van der Waals surface area (Å²) in [7, 11) is 0. The summed E-state index contributed by atoms with van der Waals surface area (Å²) >= 11 is 0. The molecule has 0 spiro atoms. The molecule has 46 heavy (non-hydrogen) atoms. The predicted octanol–water partition coefficient (Wildman–Crippen LogP) is 10.5. The first-order chi connectivity index (χ1) is 22.8. The van der Waals surface area contributed by atoms with Crippen molar-refractivity contribution in [1.29, 1.82) is 0 Å². The lowest BCUT2D eigenvalue weighted by atomic mass is 10.0. The minimum atomic E-state index is 0.831. The second-order valence-electron chi connectivity index (χ2n) is 11.8. The minimum absolute atomic E-state index is 0.831. The van der Waals surface area contributed by atoms with Crippen molar-refractivity contribution in [2.45, 2.75) is 0 Å². The molecule has 0 N–H and O–H groups in total. The molecule has 0 amide bonds. The standard InChI is InChI=1S/C40H22N4O2/c1-3-9-29-25(7-1)39-31(11-5-19-41-39)43(29)23-13-15-33-27(21-23)37-35(45-33)17-18-36-38(37)28-22-24(14-16-34(28)46-36)44-30-10-4-2-8-26(30)40-32(44)12-6-20-42-40/h1-22H. The fourth-order valence-electron chi connectivity index (χ4n) is 7.51. The molecule has 5 aromatic carbocycles. The van der Waals surface area contributed by atoms with Crippen LogP contribution in [0.5, 0.6) is 0 Å². The lowest BCUT2D eigenvalue weighted by Crippen LogP contribution is -1.93. The maximum atomic E-state index is 6.47. The number of fused-ring (bicyclic) bond motifs is 13. The Bertz CT molecular complexity index is 2730. The molecule has 0 unspecified atom stereocenters.